The standard InChI is InChI=1S/C16H15NO4/c18-13-7-5-11(6-8-13)9-14(16(20)21)17-10-12-3-1-2-4-15(12)19/h1-8,10,14,18-19H,9H2,(H,20,21)/b17-10+. The van der Waals surface area contributed by atoms with E-state index in [1.54, 1.807) is 30.3 Å². The number of aliphatic carboxylic acids is 1. The molecule has 0 aliphatic carbocycles. The highest BCUT2D eigenvalue weighted by Gasteiger charge is 2.16. The van der Waals surface area contributed by atoms with E-state index in [2.05, 4.69) is 4.99 Å². The Labute approximate surface area is 121 Å². The summed E-state index contributed by atoms with van der Waals surface area (Å²) in [5, 5.41) is 28.0. The second-order valence-electron chi connectivity index (χ2n) is 4.56. The van der Waals surface area contributed by atoms with Crippen molar-refractivity contribution in [1.82, 2.24) is 0 Å². The van der Waals surface area contributed by atoms with Gasteiger partial charge in [0, 0.05) is 18.2 Å². The van der Waals surface area contributed by atoms with Crippen LogP contribution in [-0.4, -0.2) is 33.5 Å². The topological polar surface area (TPSA) is 90.1 Å². The molecular weight excluding hydrogens is 270 g/mol. The van der Waals surface area contributed by atoms with Crippen LogP contribution in [0.2, 0.25) is 0 Å². The molecule has 2 aromatic carbocycles. The maximum atomic E-state index is 11.3. The largest absolute Gasteiger partial charge is 0.508 e. The highest BCUT2D eigenvalue weighted by Crippen LogP contribution is 2.15. The molecule has 5 heteroatoms. The fourth-order valence-electron chi connectivity index (χ4n) is 1.83. The number of aliphatic imine (C=N–C) groups is 1. The molecule has 0 radical (unpaired) electrons. The fraction of sp³-hybridized carbons (Fsp3) is 0.125. The molecule has 0 fully saturated rings. The summed E-state index contributed by atoms with van der Waals surface area (Å²) >= 11 is 0. The molecule has 0 spiro atoms. The number of carbonyl (C=O) groups is 1. The van der Waals surface area contributed by atoms with E-state index in [1.807, 2.05) is 0 Å². The molecule has 0 amide bonds. The number of para-hydroxylation sites is 1. The second-order valence-corrected chi connectivity index (χ2v) is 4.56. The highest BCUT2D eigenvalue weighted by molar-refractivity contribution is 5.86. The zero-order valence-electron chi connectivity index (χ0n) is 11.2. The van der Waals surface area contributed by atoms with Gasteiger partial charge in [0.1, 0.15) is 11.5 Å². The Balaban J connectivity index is 2.14. The minimum atomic E-state index is -1.05. The van der Waals surface area contributed by atoms with E-state index in [1.165, 1.54) is 24.4 Å². The van der Waals surface area contributed by atoms with Crippen LogP contribution < -0.4 is 0 Å². The van der Waals surface area contributed by atoms with Crippen molar-refractivity contribution in [3.63, 3.8) is 0 Å². The molecule has 0 aliphatic heterocycles. The highest BCUT2D eigenvalue weighted by atomic mass is 16.4. The molecule has 3 N–H and O–H groups in total. The number of phenolic OH excluding ortho intramolecular Hbond substituents is 2. The number of aromatic hydroxyl groups is 2. The molecule has 21 heavy (non-hydrogen) atoms. The molecular formula is C16H15NO4. The lowest BCUT2D eigenvalue weighted by atomic mass is 10.1. The van der Waals surface area contributed by atoms with Gasteiger partial charge in [-0.3, -0.25) is 4.99 Å². The fourth-order valence-corrected chi connectivity index (χ4v) is 1.83. The maximum absolute atomic E-state index is 11.3. The molecule has 0 aromatic heterocycles. The summed E-state index contributed by atoms with van der Waals surface area (Å²) in [7, 11) is 0. The predicted molar refractivity (Wildman–Crippen MR) is 78.9 cm³/mol. The lowest BCUT2D eigenvalue weighted by molar-refractivity contribution is -0.138. The van der Waals surface area contributed by atoms with Gasteiger partial charge in [0.05, 0.1) is 0 Å². The first-order valence-corrected chi connectivity index (χ1v) is 6.38. The molecule has 0 aliphatic rings. The zero-order valence-corrected chi connectivity index (χ0v) is 11.2. The van der Waals surface area contributed by atoms with Crippen molar-refractivity contribution in [2.45, 2.75) is 12.5 Å². The molecule has 0 saturated heterocycles. The van der Waals surface area contributed by atoms with Gasteiger partial charge in [0.15, 0.2) is 6.04 Å². The van der Waals surface area contributed by atoms with Crippen molar-refractivity contribution in [3.8, 4) is 11.5 Å². The number of hydrogen-bond acceptors (Lipinski definition) is 4. The van der Waals surface area contributed by atoms with Gasteiger partial charge in [-0.25, -0.2) is 4.79 Å². The van der Waals surface area contributed by atoms with Crippen LogP contribution in [0.1, 0.15) is 11.1 Å². The number of carboxylic acid groups (broad SMARTS) is 1. The second kappa shape index (κ2) is 6.56. The first kappa shape index (κ1) is 14.6. The Morgan fingerprint density at radius 1 is 1.10 bits per heavy atom. The normalized spacial score (nSPS) is 12.4. The van der Waals surface area contributed by atoms with Gasteiger partial charge in [-0.15, -0.1) is 0 Å². The summed E-state index contributed by atoms with van der Waals surface area (Å²) in [6, 6.07) is 11.9. The molecule has 0 bridgehead atoms. The molecule has 2 rings (SSSR count). The number of carboxylic acids is 1. The van der Waals surface area contributed by atoms with Crippen LogP contribution in [0.3, 0.4) is 0 Å². The number of rotatable bonds is 5. The van der Waals surface area contributed by atoms with Crippen LogP contribution >= 0.6 is 0 Å². The minimum Gasteiger partial charge on any atom is -0.508 e. The third-order valence-corrected chi connectivity index (χ3v) is 2.98. The van der Waals surface area contributed by atoms with Crippen LogP contribution in [0.25, 0.3) is 0 Å². The monoisotopic (exact) mass is 285 g/mol. The smallest absolute Gasteiger partial charge is 0.328 e. The van der Waals surface area contributed by atoms with Gasteiger partial charge in [0.2, 0.25) is 0 Å². The average molecular weight is 285 g/mol. The maximum Gasteiger partial charge on any atom is 0.328 e. The van der Waals surface area contributed by atoms with E-state index in [9.17, 15) is 20.1 Å². The summed E-state index contributed by atoms with van der Waals surface area (Å²) in [5.74, 6) is -0.867. The van der Waals surface area contributed by atoms with Gasteiger partial charge in [0.25, 0.3) is 0 Å². The Kier molecular flexibility index (Phi) is 4.56. The molecule has 2 aromatic rings. The summed E-state index contributed by atoms with van der Waals surface area (Å²) < 4.78 is 0. The lowest BCUT2D eigenvalue weighted by Gasteiger charge is -2.08. The third kappa shape index (κ3) is 4.07. The number of hydrogen-bond donors (Lipinski definition) is 3. The SMILES string of the molecule is O=C(O)C(Cc1ccc(O)cc1)/N=C/c1ccccc1O. The van der Waals surface area contributed by atoms with Crippen LogP contribution in [0.5, 0.6) is 11.5 Å². The summed E-state index contributed by atoms with van der Waals surface area (Å²) in [4.78, 5) is 15.3. The molecule has 0 saturated carbocycles. The first-order chi connectivity index (χ1) is 10.1. The molecule has 1 atom stereocenters. The van der Waals surface area contributed by atoms with Gasteiger partial charge in [-0.2, -0.15) is 0 Å². The molecule has 5 nitrogen and oxygen atoms in total. The van der Waals surface area contributed by atoms with Crippen LogP contribution in [0.4, 0.5) is 0 Å². The van der Waals surface area contributed by atoms with Crippen molar-refractivity contribution in [3.05, 3.63) is 59.7 Å². The summed E-state index contributed by atoms with van der Waals surface area (Å²) in [5.41, 5.74) is 1.23. The van der Waals surface area contributed by atoms with Crippen LogP contribution in [-0.2, 0) is 11.2 Å². The van der Waals surface area contributed by atoms with Gasteiger partial charge >= 0.3 is 5.97 Å². The van der Waals surface area contributed by atoms with Gasteiger partial charge < -0.3 is 15.3 Å². The van der Waals surface area contributed by atoms with Gasteiger partial charge in [-0.05, 0) is 29.8 Å². The first-order valence-electron chi connectivity index (χ1n) is 6.38. The average Bonchev–Trinajstić information content (AvgIpc) is 2.46. The van der Waals surface area contributed by atoms with E-state index in [4.69, 9.17) is 0 Å². The van der Waals surface area contributed by atoms with Crippen molar-refractivity contribution in [2.75, 3.05) is 0 Å². The minimum absolute atomic E-state index is 0.0509. The van der Waals surface area contributed by atoms with Crippen LogP contribution in [0.15, 0.2) is 53.5 Å². The van der Waals surface area contributed by atoms with E-state index >= 15 is 0 Å². The Bertz CT molecular complexity index is 650. The van der Waals surface area contributed by atoms with Gasteiger partial charge in [-0.1, -0.05) is 24.3 Å². The van der Waals surface area contributed by atoms with Crippen molar-refractivity contribution in [2.24, 2.45) is 4.99 Å². The van der Waals surface area contributed by atoms with Crippen molar-refractivity contribution < 1.29 is 20.1 Å². The Morgan fingerprint density at radius 3 is 2.38 bits per heavy atom. The lowest BCUT2D eigenvalue weighted by Crippen LogP contribution is -2.20. The molecule has 0 heterocycles. The van der Waals surface area contributed by atoms with Crippen molar-refractivity contribution in [1.29, 1.82) is 0 Å². The summed E-state index contributed by atoms with van der Waals surface area (Å²) in [6.45, 7) is 0. The summed E-state index contributed by atoms with van der Waals surface area (Å²) in [6.07, 6.45) is 1.56. The van der Waals surface area contributed by atoms with E-state index in [0.717, 1.165) is 5.56 Å². The predicted octanol–water partition coefficient (Wildman–Crippen LogP) is 2.21. The Morgan fingerprint density at radius 2 is 1.76 bits per heavy atom. The zero-order chi connectivity index (χ0) is 15.2. The number of phenols is 2. The Hall–Kier alpha value is -2.82. The van der Waals surface area contributed by atoms with Crippen molar-refractivity contribution >= 4 is 12.2 Å². The quantitative estimate of drug-likeness (QED) is 0.735. The number of benzene rings is 2. The van der Waals surface area contributed by atoms with E-state index < -0.39 is 12.0 Å². The van der Waals surface area contributed by atoms with E-state index in [-0.39, 0.29) is 17.9 Å². The number of nitrogens with zero attached hydrogens (tertiary/aromatic N) is 1. The third-order valence-electron chi connectivity index (χ3n) is 2.98. The molecule has 1 unspecified atom stereocenters. The van der Waals surface area contributed by atoms with E-state index in [0.29, 0.717) is 5.56 Å². The molecule has 108 valence electrons. The van der Waals surface area contributed by atoms with Crippen LogP contribution in [0, 0.1) is 0 Å².